The van der Waals surface area contributed by atoms with Gasteiger partial charge in [-0.2, -0.15) is 0 Å². The van der Waals surface area contributed by atoms with Crippen LogP contribution >= 0.6 is 35.3 Å². The second kappa shape index (κ2) is 7.26. The Bertz CT molecular complexity index is 1250. The maximum absolute atomic E-state index is 12.5. The van der Waals surface area contributed by atoms with Gasteiger partial charge < -0.3 is 4.42 Å². The highest BCUT2D eigenvalue weighted by molar-refractivity contribution is 8.20. The fourth-order valence-electron chi connectivity index (χ4n) is 3.04. The molecule has 0 spiro atoms. The van der Waals surface area contributed by atoms with E-state index in [1.165, 1.54) is 0 Å². The first-order valence-corrected chi connectivity index (χ1v) is 10.9. The fourth-order valence-corrected chi connectivity index (χ4v) is 5.22. The summed E-state index contributed by atoms with van der Waals surface area (Å²) < 4.78 is 7.09. The summed E-state index contributed by atoms with van der Waals surface area (Å²) in [7, 11) is 0. The number of aromatic nitrogens is 1. The van der Waals surface area contributed by atoms with Gasteiger partial charge >= 0.3 is 0 Å². The minimum atomic E-state index is -0.108. The van der Waals surface area contributed by atoms with Crippen molar-refractivity contribution in [3.8, 4) is 10.8 Å². The lowest BCUT2D eigenvalue weighted by Crippen LogP contribution is -2.26. The van der Waals surface area contributed by atoms with Gasteiger partial charge in [-0.3, -0.25) is 9.69 Å². The molecule has 142 valence electrons. The van der Waals surface area contributed by atoms with Crippen LogP contribution in [0, 0.1) is 6.92 Å². The smallest absolute Gasteiger partial charge is 0.296 e. The molecular formula is C22H14N2O2S3. The molecule has 4 nitrogen and oxygen atoms in total. The van der Waals surface area contributed by atoms with Crippen LogP contribution < -0.4 is 4.90 Å². The van der Waals surface area contributed by atoms with E-state index in [1.54, 1.807) is 16.2 Å². The number of benzene rings is 2. The largest absolute Gasteiger partial charge is 0.454 e. The van der Waals surface area contributed by atoms with Crippen molar-refractivity contribution >= 4 is 67.5 Å². The van der Waals surface area contributed by atoms with Crippen molar-refractivity contribution in [3.63, 3.8) is 0 Å². The van der Waals surface area contributed by atoms with Gasteiger partial charge in [0.25, 0.3) is 5.24 Å². The second-order valence-corrected chi connectivity index (χ2v) is 8.95. The highest BCUT2D eigenvalue weighted by Gasteiger charge is 2.33. The van der Waals surface area contributed by atoms with E-state index >= 15 is 0 Å². The van der Waals surface area contributed by atoms with Gasteiger partial charge in [0.15, 0.2) is 10.8 Å². The number of aryl methyl sites for hydroxylation is 1. The van der Waals surface area contributed by atoms with Crippen LogP contribution in [0.3, 0.4) is 0 Å². The van der Waals surface area contributed by atoms with Gasteiger partial charge in [0.05, 0.1) is 20.8 Å². The Morgan fingerprint density at radius 3 is 2.66 bits per heavy atom. The van der Waals surface area contributed by atoms with Crippen LogP contribution in [0.25, 0.3) is 27.1 Å². The van der Waals surface area contributed by atoms with E-state index in [9.17, 15) is 4.79 Å². The van der Waals surface area contributed by atoms with Crippen LogP contribution in [0.1, 0.15) is 11.3 Å². The highest BCUT2D eigenvalue weighted by atomic mass is 32.2. The number of hydrogen-bond acceptors (Lipinski definition) is 6. The molecule has 0 saturated carbocycles. The standard InChI is InChI=1S/C22H14N2O2S3/c1-13-6-8-14(9-7-13)24-21(27)19(29-22(24)25)12-15-10-11-17(26-15)20-23-16-4-2-3-5-18(16)28-20/h2-12H,1H3/b19-12-. The predicted octanol–water partition coefficient (Wildman–Crippen LogP) is 6.91. The van der Waals surface area contributed by atoms with Crippen molar-refractivity contribution in [2.24, 2.45) is 0 Å². The molecule has 1 fully saturated rings. The molecule has 2 aromatic heterocycles. The molecule has 0 atom stereocenters. The number of thioether (sulfide) groups is 1. The number of nitrogens with zero attached hydrogens (tertiary/aromatic N) is 2. The molecule has 3 heterocycles. The summed E-state index contributed by atoms with van der Waals surface area (Å²) in [6.07, 6.45) is 1.82. The number of rotatable bonds is 3. The number of furan rings is 1. The van der Waals surface area contributed by atoms with Crippen LogP contribution in [0.15, 0.2) is 70.0 Å². The van der Waals surface area contributed by atoms with Crippen LogP contribution in [-0.4, -0.2) is 15.2 Å². The topological polar surface area (TPSA) is 46.3 Å². The second-order valence-electron chi connectivity index (χ2n) is 6.54. The Morgan fingerprint density at radius 1 is 1.07 bits per heavy atom. The number of carbonyl (C=O) groups is 1. The van der Waals surface area contributed by atoms with Crippen LogP contribution in [-0.2, 0) is 0 Å². The summed E-state index contributed by atoms with van der Waals surface area (Å²) in [5, 5.41) is 0.720. The van der Waals surface area contributed by atoms with Crippen molar-refractivity contribution in [2.75, 3.05) is 4.90 Å². The first kappa shape index (κ1) is 18.3. The average Bonchev–Trinajstić information content (AvgIpc) is 3.41. The third-order valence-corrected chi connectivity index (χ3v) is 6.96. The lowest BCUT2D eigenvalue weighted by Gasteiger charge is -2.14. The van der Waals surface area contributed by atoms with E-state index in [-0.39, 0.29) is 5.24 Å². The first-order valence-electron chi connectivity index (χ1n) is 8.89. The fraction of sp³-hybridized carbons (Fsp3) is 0.0455. The van der Waals surface area contributed by atoms with Crippen molar-refractivity contribution < 1.29 is 9.21 Å². The maximum atomic E-state index is 12.5. The summed E-state index contributed by atoms with van der Waals surface area (Å²) in [4.78, 5) is 19.9. The molecule has 1 saturated heterocycles. The van der Waals surface area contributed by atoms with Crippen molar-refractivity contribution in [1.29, 1.82) is 0 Å². The van der Waals surface area contributed by atoms with Crippen molar-refractivity contribution in [2.45, 2.75) is 6.92 Å². The number of thiazole rings is 1. The van der Waals surface area contributed by atoms with E-state index < -0.39 is 0 Å². The predicted molar refractivity (Wildman–Crippen MR) is 125 cm³/mol. The molecule has 29 heavy (non-hydrogen) atoms. The Labute approximate surface area is 180 Å². The van der Waals surface area contributed by atoms with Gasteiger partial charge in [0.2, 0.25) is 0 Å². The van der Waals surface area contributed by atoms with Gasteiger partial charge in [0.1, 0.15) is 10.7 Å². The lowest BCUT2D eigenvalue weighted by molar-refractivity contribution is 0.268. The minimum Gasteiger partial charge on any atom is -0.454 e. The zero-order valence-electron chi connectivity index (χ0n) is 15.3. The van der Waals surface area contributed by atoms with Gasteiger partial charge in [0, 0.05) is 0 Å². The Hall–Kier alpha value is -2.74. The molecule has 4 aromatic rings. The molecule has 7 heteroatoms. The molecule has 2 aromatic carbocycles. The summed E-state index contributed by atoms with van der Waals surface area (Å²) in [6.45, 7) is 2.01. The summed E-state index contributed by atoms with van der Waals surface area (Å²) in [5.74, 6) is 1.34. The molecule has 1 amide bonds. The Balaban J connectivity index is 1.43. The van der Waals surface area contributed by atoms with Crippen LogP contribution in [0.5, 0.6) is 0 Å². The number of amides is 1. The molecule has 5 rings (SSSR count). The maximum Gasteiger partial charge on any atom is 0.296 e. The summed E-state index contributed by atoms with van der Waals surface area (Å²) in [6, 6.07) is 19.5. The number of hydrogen-bond donors (Lipinski definition) is 0. The van der Waals surface area contributed by atoms with Crippen molar-refractivity contribution in [3.05, 3.63) is 76.9 Å². The molecular weight excluding hydrogens is 420 g/mol. The van der Waals surface area contributed by atoms with Gasteiger partial charge in [-0.15, -0.1) is 11.3 Å². The molecule has 0 bridgehead atoms. The Morgan fingerprint density at radius 2 is 1.86 bits per heavy atom. The Kier molecular flexibility index (Phi) is 4.58. The van der Waals surface area contributed by atoms with E-state index in [0.717, 1.165) is 38.2 Å². The third kappa shape index (κ3) is 3.42. The van der Waals surface area contributed by atoms with E-state index in [1.807, 2.05) is 73.7 Å². The monoisotopic (exact) mass is 434 g/mol. The number of carbonyl (C=O) groups excluding carboxylic acids is 1. The van der Waals surface area contributed by atoms with E-state index in [4.69, 9.17) is 16.6 Å². The highest BCUT2D eigenvalue weighted by Crippen LogP contribution is 2.38. The zero-order chi connectivity index (χ0) is 20.0. The number of para-hydroxylation sites is 1. The molecule has 1 aliphatic rings. The van der Waals surface area contributed by atoms with Crippen molar-refractivity contribution in [1.82, 2.24) is 4.98 Å². The summed E-state index contributed by atoms with van der Waals surface area (Å²) in [5.41, 5.74) is 2.86. The molecule has 0 aliphatic carbocycles. The SMILES string of the molecule is Cc1ccc(N2C(=O)S/C(=C\c3ccc(-c4nc5ccccc5s4)o3)C2=S)cc1. The number of fused-ring (bicyclic) bond motifs is 1. The summed E-state index contributed by atoms with van der Waals surface area (Å²) >= 11 is 8.27. The minimum absolute atomic E-state index is 0.108. The molecule has 0 N–H and O–H groups in total. The van der Waals surface area contributed by atoms with Crippen LogP contribution in [0.4, 0.5) is 10.5 Å². The average molecular weight is 435 g/mol. The lowest BCUT2D eigenvalue weighted by atomic mass is 10.2. The molecule has 0 unspecified atom stereocenters. The van der Waals surface area contributed by atoms with Gasteiger partial charge in [-0.25, -0.2) is 4.98 Å². The zero-order valence-corrected chi connectivity index (χ0v) is 17.7. The third-order valence-electron chi connectivity index (χ3n) is 4.49. The van der Waals surface area contributed by atoms with Gasteiger partial charge in [-0.1, -0.05) is 42.0 Å². The van der Waals surface area contributed by atoms with Crippen LogP contribution in [0.2, 0.25) is 0 Å². The van der Waals surface area contributed by atoms with Gasteiger partial charge in [-0.05, 0) is 61.2 Å². The van der Waals surface area contributed by atoms with E-state index in [2.05, 4.69) is 4.98 Å². The quantitative estimate of drug-likeness (QED) is 0.259. The number of thiocarbonyl (C=S) groups is 1. The van der Waals surface area contributed by atoms with E-state index in [0.29, 0.717) is 21.4 Å². The first-order chi connectivity index (χ1) is 14.1. The normalized spacial score (nSPS) is 15.8. The molecule has 1 aliphatic heterocycles. The molecule has 0 radical (unpaired) electrons. The number of anilines is 1.